The van der Waals surface area contributed by atoms with E-state index in [9.17, 15) is 17.2 Å². The molecule has 0 aliphatic heterocycles. The number of hydrogen-bond acceptors (Lipinski definition) is 3. The van der Waals surface area contributed by atoms with Crippen LogP contribution in [0.1, 0.15) is 12.4 Å². The molecular formula is C12H11Cl2F2N3O2S. The van der Waals surface area contributed by atoms with Crippen molar-refractivity contribution in [1.29, 1.82) is 0 Å². The highest BCUT2D eigenvalue weighted by molar-refractivity contribution is 7.89. The number of alkyl halides is 2. The van der Waals surface area contributed by atoms with Crippen LogP contribution in [0.25, 0.3) is 0 Å². The summed E-state index contributed by atoms with van der Waals surface area (Å²) in [6, 6.07) is 3.85. The topological polar surface area (TPSA) is 55.2 Å². The number of rotatable bonds is 5. The number of imidazole rings is 1. The van der Waals surface area contributed by atoms with E-state index < -0.39 is 16.6 Å². The molecule has 120 valence electrons. The minimum atomic E-state index is -3.90. The summed E-state index contributed by atoms with van der Waals surface area (Å²) in [6.07, 6.45) is 2.26. The molecule has 0 radical (unpaired) electrons. The molecule has 0 N–H and O–H groups in total. The van der Waals surface area contributed by atoms with Gasteiger partial charge in [0, 0.05) is 19.4 Å². The van der Waals surface area contributed by atoms with E-state index in [-0.39, 0.29) is 27.3 Å². The Morgan fingerprint density at radius 2 is 2.00 bits per heavy atom. The summed E-state index contributed by atoms with van der Waals surface area (Å²) in [7, 11) is -2.64. The minimum absolute atomic E-state index is 0.0684. The van der Waals surface area contributed by atoms with Crippen molar-refractivity contribution in [3.63, 3.8) is 0 Å². The second-order valence-corrected chi connectivity index (χ2v) is 7.22. The van der Waals surface area contributed by atoms with Gasteiger partial charge in [0.15, 0.2) is 0 Å². The average molecular weight is 370 g/mol. The Balaban J connectivity index is 2.29. The van der Waals surface area contributed by atoms with E-state index in [2.05, 4.69) is 4.98 Å². The first-order valence-electron chi connectivity index (χ1n) is 5.94. The molecular weight excluding hydrogens is 359 g/mol. The minimum Gasteiger partial charge on any atom is -0.277 e. The molecule has 0 amide bonds. The van der Waals surface area contributed by atoms with Gasteiger partial charge in [-0.05, 0) is 18.2 Å². The molecule has 0 unspecified atom stereocenters. The lowest BCUT2D eigenvalue weighted by molar-refractivity contribution is 0.0658. The molecule has 0 aliphatic carbocycles. The van der Waals surface area contributed by atoms with Gasteiger partial charge in [-0.15, -0.1) is 0 Å². The van der Waals surface area contributed by atoms with Gasteiger partial charge in [-0.1, -0.05) is 23.2 Å². The Bertz CT molecular complexity index is 780. The lowest BCUT2D eigenvalue weighted by Crippen LogP contribution is -2.28. The summed E-state index contributed by atoms with van der Waals surface area (Å²) >= 11 is 11.5. The van der Waals surface area contributed by atoms with Crippen LogP contribution in [0.4, 0.5) is 8.78 Å². The smallest absolute Gasteiger partial charge is 0.277 e. The summed E-state index contributed by atoms with van der Waals surface area (Å²) in [5.74, 6) is -0.0684. The Morgan fingerprint density at radius 3 is 2.59 bits per heavy atom. The third-order valence-corrected chi connectivity index (χ3v) is 5.46. The maximum absolute atomic E-state index is 12.8. The molecule has 5 nitrogen and oxygen atoms in total. The zero-order chi connectivity index (χ0) is 16.5. The Hall–Kier alpha value is -1.22. The van der Waals surface area contributed by atoms with Crippen molar-refractivity contribution < 1.29 is 17.2 Å². The Kier molecular flexibility index (Phi) is 5.06. The molecule has 0 fully saturated rings. The number of benzene rings is 1. The predicted molar refractivity (Wildman–Crippen MR) is 78.6 cm³/mol. The van der Waals surface area contributed by atoms with Crippen molar-refractivity contribution in [2.24, 2.45) is 0 Å². The molecule has 0 spiro atoms. The fourth-order valence-corrected chi connectivity index (χ4v) is 3.26. The SMILES string of the molecule is CN(Cc1nccn1C(F)F)S(=O)(=O)c1ccc(Cl)c(Cl)c1. The van der Waals surface area contributed by atoms with E-state index >= 15 is 0 Å². The standard InChI is InChI=1S/C12H11Cl2F2N3O2S/c1-18(7-11-17-4-5-19(11)12(15)16)22(20,21)8-2-3-9(13)10(14)6-8/h2-6,12H,7H2,1H3. The number of aromatic nitrogens is 2. The van der Waals surface area contributed by atoms with E-state index in [1.807, 2.05) is 0 Å². The fraction of sp³-hybridized carbons (Fsp3) is 0.250. The first-order valence-corrected chi connectivity index (χ1v) is 8.14. The van der Waals surface area contributed by atoms with Crippen molar-refractivity contribution in [2.45, 2.75) is 18.0 Å². The molecule has 0 saturated carbocycles. The zero-order valence-electron chi connectivity index (χ0n) is 11.2. The summed E-state index contributed by atoms with van der Waals surface area (Å²) in [4.78, 5) is 3.66. The molecule has 1 aromatic heterocycles. The maximum atomic E-state index is 12.8. The summed E-state index contributed by atoms with van der Waals surface area (Å²) in [5, 5.41) is 0.307. The molecule has 2 rings (SSSR count). The highest BCUT2D eigenvalue weighted by Crippen LogP contribution is 2.26. The van der Waals surface area contributed by atoms with Crippen molar-refractivity contribution in [1.82, 2.24) is 13.9 Å². The number of nitrogens with zero attached hydrogens (tertiary/aromatic N) is 3. The van der Waals surface area contributed by atoms with Gasteiger partial charge in [0.1, 0.15) is 5.82 Å². The van der Waals surface area contributed by atoms with Gasteiger partial charge in [-0.25, -0.2) is 13.4 Å². The van der Waals surface area contributed by atoms with Gasteiger partial charge in [0.05, 0.1) is 21.5 Å². The van der Waals surface area contributed by atoms with Crippen LogP contribution in [0.15, 0.2) is 35.5 Å². The first-order chi connectivity index (χ1) is 10.2. The highest BCUT2D eigenvalue weighted by Gasteiger charge is 2.24. The molecule has 0 saturated heterocycles. The molecule has 1 aromatic carbocycles. The lowest BCUT2D eigenvalue weighted by Gasteiger charge is -2.18. The van der Waals surface area contributed by atoms with Crippen LogP contribution in [0, 0.1) is 0 Å². The van der Waals surface area contributed by atoms with Crippen molar-refractivity contribution in [3.05, 3.63) is 46.5 Å². The fourth-order valence-electron chi connectivity index (χ4n) is 1.75. The number of hydrogen-bond donors (Lipinski definition) is 0. The maximum Gasteiger partial charge on any atom is 0.319 e. The van der Waals surface area contributed by atoms with E-state index in [4.69, 9.17) is 23.2 Å². The van der Waals surface area contributed by atoms with Crippen molar-refractivity contribution in [3.8, 4) is 0 Å². The second-order valence-electron chi connectivity index (χ2n) is 4.37. The lowest BCUT2D eigenvalue weighted by atomic mass is 10.4. The highest BCUT2D eigenvalue weighted by atomic mass is 35.5. The Morgan fingerprint density at radius 1 is 1.32 bits per heavy atom. The molecule has 22 heavy (non-hydrogen) atoms. The quantitative estimate of drug-likeness (QED) is 0.811. The van der Waals surface area contributed by atoms with Crippen LogP contribution in [-0.4, -0.2) is 29.3 Å². The molecule has 10 heteroatoms. The van der Waals surface area contributed by atoms with Gasteiger partial charge in [-0.3, -0.25) is 4.57 Å². The van der Waals surface area contributed by atoms with Gasteiger partial charge in [0.25, 0.3) is 0 Å². The van der Waals surface area contributed by atoms with Gasteiger partial charge in [0.2, 0.25) is 10.0 Å². The molecule has 0 atom stereocenters. The van der Waals surface area contributed by atoms with Crippen LogP contribution < -0.4 is 0 Å². The number of sulfonamides is 1. The summed E-state index contributed by atoms with van der Waals surface area (Å²) in [5.41, 5.74) is 0. The first kappa shape index (κ1) is 17.1. The van der Waals surface area contributed by atoms with Crippen LogP contribution in [0.5, 0.6) is 0 Å². The van der Waals surface area contributed by atoms with Crippen LogP contribution in [-0.2, 0) is 16.6 Å². The van der Waals surface area contributed by atoms with E-state index in [1.54, 1.807) is 0 Å². The molecule has 2 aromatic rings. The van der Waals surface area contributed by atoms with Crippen molar-refractivity contribution >= 4 is 33.2 Å². The van der Waals surface area contributed by atoms with E-state index in [0.717, 1.165) is 10.5 Å². The van der Waals surface area contributed by atoms with E-state index in [0.29, 0.717) is 4.57 Å². The summed E-state index contributed by atoms with van der Waals surface area (Å²) < 4.78 is 51.8. The molecule has 1 heterocycles. The van der Waals surface area contributed by atoms with Gasteiger partial charge >= 0.3 is 6.55 Å². The largest absolute Gasteiger partial charge is 0.319 e. The van der Waals surface area contributed by atoms with Crippen LogP contribution in [0.3, 0.4) is 0 Å². The van der Waals surface area contributed by atoms with E-state index in [1.165, 1.54) is 31.4 Å². The van der Waals surface area contributed by atoms with Crippen LogP contribution in [0.2, 0.25) is 10.0 Å². The molecule has 0 aliphatic rings. The summed E-state index contributed by atoms with van der Waals surface area (Å²) in [6.45, 7) is -3.10. The second kappa shape index (κ2) is 6.49. The zero-order valence-corrected chi connectivity index (χ0v) is 13.6. The van der Waals surface area contributed by atoms with Gasteiger partial charge < -0.3 is 0 Å². The average Bonchev–Trinajstić information content (AvgIpc) is 2.90. The van der Waals surface area contributed by atoms with Crippen LogP contribution >= 0.6 is 23.2 Å². The van der Waals surface area contributed by atoms with Crippen molar-refractivity contribution in [2.75, 3.05) is 7.05 Å². The third kappa shape index (κ3) is 3.40. The number of halogens is 4. The normalized spacial score (nSPS) is 12.3. The third-order valence-electron chi connectivity index (χ3n) is 2.92. The van der Waals surface area contributed by atoms with Gasteiger partial charge in [-0.2, -0.15) is 13.1 Å². The Labute approximate surface area is 136 Å². The molecule has 0 bridgehead atoms. The monoisotopic (exact) mass is 369 g/mol. The predicted octanol–water partition coefficient (Wildman–Crippen LogP) is 3.41.